The van der Waals surface area contributed by atoms with Crippen molar-refractivity contribution in [3.63, 3.8) is 0 Å². The standard InChI is InChI=1S/C20H22N4O3/c1-26-11-10-24(14-15-4-3-9-21-13-15)20(25)19-12-18(22-23-19)16-5-7-17(27-2)8-6-16/h3-9,12-13H,10-11,14H2,1-2H3,(H,22,23). The third kappa shape index (κ3) is 4.71. The van der Waals surface area contributed by atoms with Gasteiger partial charge in [0.15, 0.2) is 0 Å². The number of nitrogens with zero attached hydrogens (tertiary/aromatic N) is 3. The Hall–Kier alpha value is -3.19. The van der Waals surface area contributed by atoms with Crippen LogP contribution in [0.15, 0.2) is 54.9 Å². The number of benzene rings is 1. The number of ether oxygens (including phenoxy) is 2. The van der Waals surface area contributed by atoms with Crippen LogP contribution in [0, 0.1) is 0 Å². The van der Waals surface area contributed by atoms with Crippen molar-refractivity contribution in [3.05, 3.63) is 66.1 Å². The van der Waals surface area contributed by atoms with Crippen LogP contribution in [0.25, 0.3) is 11.3 Å². The molecule has 3 aromatic rings. The predicted octanol–water partition coefficient (Wildman–Crippen LogP) is 2.77. The minimum absolute atomic E-state index is 0.136. The number of carbonyl (C=O) groups excluding carboxylic acids is 1. The van der Waals surface area contributed by atoms with Crippen molar-refractivity contribution < 1.29 is 14.3 Å². The third-order valence-corrected chi connectivity index (χ3v) is 4.14. The van der Waals surface area contributed by atoms with Crippen LogP contribution in [-0.2, 0) is 11.3 Å². The highest BCUT2D eigenvalue weighted by molar-refractivity contribution is 5.93. The molecule has 0 saturated heterocycles. The first-order valence-electron chi connectivity index (χ1n) is 8.58. The Balaban J connectivity index is 1.77. The Labute approximate surface area is 158 Å². The van der Waals surface area contributed by atoms with Crippen molar-refractivity contribution >= 4 is 5.91 Å². The van der Waals surface area contributed by atoms with E-state index in [1.165, 1.54) is 0 Å². The number of hydrogen-bond donors (Lipinski definition) is 1. The van der Waals surface area contributed by atoms with Crippen LogP contribution in [0.5, 0.6) is 5.75 Å². The molecular weight excluding hydrogens is 344 g/mol. The summed E-state index contributed by atoms with van der Waals surface area (Å²) in [5, 5.41) is 7.12. The summed E-state index contributed by atoms with van der Waals surface area (Å²) in [6, 6.07) is 13.1. The fourth-order valence-corrected chi connectivity index (χ4v) is 2.68. The fraction of sp³-hybridized carbons (Fsp3) is 0.250. The Morgan fingerprint density at radius 1 is 1.19 bits per heavy atom. The van der Waals surface area contributed by atoms with Gasteiger partial charge in [-0.15, -0.1) is 0 Å². The van der Waals surface area contributed by atoms with Gasteiger partial charge in [-0.05, 0) is 42.0 Å². The summed E-state index contributed by atoms with van der Waals surface area (Å²) in [5.41, 5.74) is 2.99. The average Bonchev–Trinajstić information content (AvgIpc) is 3.21. The lowest BCUT2D eigenvalue weighted by atomic mass is 10.1. The van der Waals surface area contributed by atoms with E-state index in [1.807, 2.05) is 36.4 Å². The smallest absolute Gasteiger partial charge is 0.272 e. The second-order valence-corrected chi connectivity index (χ2v) is 5.98. The molecule has 3 rings (SSSR count). The number of aromatic amines is 1. The molecule has 0 aliphatic carbocycles. The van der Waals surface area contributed by atoms with Crippen LogP contribution in [0.1, 0.15) is 16.1 Å². The Kier molecular flexibility index (Phi) is 6.17. The maximum atomic E-state index is 13.0. The molecule has 2 heterocycles. The molecule has 1 aromatic carbocycles. The van der Waals surface area contributed by atoms with Crippen LogP contribution < -0.4 is 4.74 Å². The molecule has 0 bridgehead atoms. The molecule has 27 heavy (non-hydrogen) atoms. The average molecular weight is 366 g/mol. The van der Waals surface area contributed by atoms with Crippen molar-refractivity contribution in [2.45, 2.75) is 6.54 Å². The SMILES string of the molecule is COCCN(Cc1cccnc1)C(=O)c1cc(-c2ccc(OC)cc2)n[nH]1. The van der Waals surface area contributed by atoms with Crippen LogP contribution in [0.4, 0.5) is 0 Å². The molecule has 0 aliphatic rings. The van der Waals surface area contributed by atoms with Crippen molar-refractivity contribution in [3.8, 4) is 17.0 Å². The normalized spacial score (nSPS) is 10.6. The number of amides is 1. The Morgan fingerprint density at radius 3 is 2.67 bits per heavy atom. The summed E-state index contributed by atoms with van der Waals surface area (Å²) in [4.78, 5) is 18.8. The highest BCUT2D eigenvalue weighted by Gasteiger charge is 2.19. The molecule has 0 fully saturated rings. The minimum Gasteiger partial charge on any atom is -0.497 e. The van der Waals surface area contributed by atoms with Crippen molar-refractivity contribution in [1.29, 1.82) is 0 Å². The number of nitrogens with one attached hydrogen (secondary N) is 1. The van der Waals surface area contributed by atoms with E-state index in [0.717, 1.165) is 16.9 Å². The zero-order chi connectivity index (χ0) is 19.1. The van der Waals surface area contributed by atoms with E-state index in [1.54, 1.807) is 37.6 Å². The van der Waals surface area contributed by atoms with Gasteiger partial charge in [0.2, 0.25) is 0 Å². The minimum atomic E-state index is -0.136. The summed E-state index contributed by atoms with van der Waals surface area (Å²) in [6.07, 6.45) is 3.46. The Morgan fingerprint density at radius 2 is 2.00 bits per heavy atom. The molecule has 0 unspecified atom stereocenters. The first-order chi connectivity index (χ1) is 13.2. The van der Waals surface area contributed by atoms with Gasteiger partial charge in [0.25, 0.3) is 5.91 Å². The predicted molar refractivity (Wildman–Crippen MR) is 101 cm³/mol. The fourth-order valence-electron chi connectivity index (χ4n) is 2.68. The van der Waals surface area contributed by atoms with Crippen LogP contribution >= 0.6 is 0 Å². The molecule has 140 valence electrons. The van der Waals surface area contributed by atoms with Crippen molar-refractivity contribution in [2.24, 2.45) is 0 Å². The number of aromatic nitrogens is 3. The van der Waals surface area contributed by atoms with Gasteiger partial charge in [-0.1, -0.05) is 6.07 Å². The van der Waals surface area contributed by atoms with Gasteiger partial charge in [-0.2, -0.15) is 5.10 Å². The number of H-pyrrole nitrogens is 1. The van der Waals surface area contributed by atoms with Gasteiger partial charge in [0.1, 0.15) is 11.4 Å². The number of pyridine rings is 1. The number of rotatable bonds is 8. The van der Waals surface area contributed by atoms with Gasteiger partial charge in [-0.25, -0.2) is 0 Å². The lowest BCUT2D eigenvalue weighted by Gasteiger charge is -2.21. The maximum absolute atomic E-state index is 13.0. The van der Waals surface area contributed by atoms with Gasteiger partial charge >= 0.3 is 0 Å². The monoisotopic (exact) mass is 366 g/mol. The van der Waals surface area contributed by atoms with Crippen LogP contribution in [0.2, 0.25) is 0 Å². The molecule has 0 spiro atoms. The molecule has 0 atom stereocenters. The van der Waals surface area contributed by atoms with Crippen LogP contribution in [-0.4, -0.2) is 53.4 Å². The maximum Gasteiger partial charge on any atom is 0.272 e. The first kappa shape index (κ1) is 18.6. The molecule has 0 radical (unpaired) electrons. The Bertz CT molecular complexity index is 862. The third-order valence-electron chi connectivity index (χ3n) is 4.14. The van der Waals surface area contributed by atoms with E-state index >= 15 is 0 Å². The first-order valence-corrected chi connectivity index (χ1v) is 8.58. The molecular formula is C20H22N4O3. The van der Waals surface area contributed by atoms with Gasteiger partial charge in [0, 0.05) is 38.2 Å². The van der Waals surface area contributed by atoms with E-state index < -0.39 is 0 Å². The molecule has 7 nitrogen and oxygen atoms in total. The molecule has 1 N–H and O–H groups in total. The van der Waals surface area contributed by atoms with E-state index in [4.69, 9.17) is 9.47 Å². The number of methoxy groups -OCH3 is 2. The largest absolute Gasteiger partial charge is 0.497 e. The quantitative estimate of drug-likeness (QED) is 0.663. The number of carbonyl (C=O) groups is 1. The van der Waals surface area contributed by atoms with Crippen LogP contribution in [0.3, 0.4) is 0 Å². The second kappa shape index (κ2) is 8.95. The highest BCUT2D eigenvalue weighted by atomic mass is 16.5. The summed E-state index contributed by atoms with van der Waals surface area (Å²) < 4.78 is 10.3. The molecule has 1 amide bonds. The van der Waals surface area contributed by atoms with Crippen molar-refractivity contribution in [2.75, 3.05) is 27.4 Å². The van der Waals surface area contributed by atoms with E-state index in [9.17, 15) is 4.79 Å². The second-order valence-electron chi connectivity index (χ2n) is 5.98. The zero-order valence-electron chi connectivity index (χ0n) is 15.4. The van der Waals surface area contributed by atoms with Crippen molar-refractivity contribution in [1.82, 2.24) is 20.1 Å². The van der Waals surface area contributed by atoms with E-state index in [2.05, 4.69) is 15.2 Å². The zero-order valence-corrected chi connectivity index (χ0v) is 15.4. The molecule has 0 aliphatic heterocycles. The molecule has 7 heteroatoms. The summed E-state index contributed by atoms with van der Waals surface area (Å²) >= 11 is 0. The molecule has 0 saturated carbocycles. The van der Waals surface area contributed by atoms with Gasteiger partial charge in [0.05, 0.1) is 19.4 Å². The van der Waals surface area contributed by atoms with Gasteiger partial charge < -0.3 is 14.4 Å². The summed E-state index contributed by atoms with van der Waals surface area (Å²) in [7, 11) is 3.24. The summed E-state index contributed by atoms with van der Waals surface area (Å²) in [5.74, 6) is 0.635. The summed E-state index contributed by atoms with van der Waals surface area (Å²) in [6.45, 7) is 1.37. The highest BCUT2D eigenvalue weighted by Crippen LogP contribution is 2.21. The lowest BCUT2D eigenvalue weighted by Crippen LogP contribution is -2.33. The molecule has 2 aromatic heterocycles. The lowest BCUT2D eigenvalue weighted by molar-refractivity contribution is 0.0674. The van der Waals surface area contributed by atoms with E-state index in [0.29, 0.717) is 31.1 Å². The van der Waals surface area contributed by atoms with Gasteiger partial charge in [-0.3, -0.25) is 14.9 Å². The number of hydrogen-bond acceptors (Lipinski definition) is 5. The topological polar surface area (TPSA) is 80.3 Å². The van der Waals surface area contributed by atoms with E-state index in [-0.39, 0.29) is 5.91 Å².